The Bertz CT molecular complexity index is 499. The minimum atomic E-state index is 0.213. The van der Waals surface area contributed by atoms with Crippen LogP contribution in [-0.4, -0.2) is 40.2 Å². The normalized spacial score (nSPS) is 25.3. The summed E-state index contributed by atoms with van der Waals surface area (Å²) < 4.78 is 2.45. The quantitative estimate of drug-likeness (QED) is 0.484. The predicted molar refractivity (Wildman–Crippen MR) is 96.8 cm³/mol. The summed E-state index contributed by atoms with van der Waals surface area (Å²) in [5.41, 5.74) is 2.10. The van der Waals surface area contributed by atoms with E-state index in [-0.39, 0.29) is 6.04 Å². The van der Waals surface area contributed by atoms with Crippen LogP contribution in [0.5, 0.6) is 0 Å². The minimum absolute atomic E-state index is 0.213. The maximum absolute atomic E-state index is 12.0. The molecule has 2 aliphatic heterocycles. The van der Waals surface area contributed by atoms with E-state index in [1.54, 1.807) is 0 Å². The van der Waals surface area contributed by atoms with Crippen molar-refractivity contribution in [2.75, 3.05) is 24.6 Å². The lowest BCUT2D eigenvalue weighted by Crippen LogP contribution is -2.35. The lowest BCUT2D eigenvalue weighted by Gasteiger charge is -2.20. The zero-order chi connectivity index (χ0) is 16.7. The van der Waals surface area contributed by atoms with Crippen molar-refractivity contribution < 1.29 is 9.52 Å². The molecular weight excluding hydrogens is 308 g/mol. The second-order valence-corrected chi connectivity index (χ2v) is 7.85. The Morgan fingerprint density at radius 2 is 2.00 bits per heavy atom. The van der Waals surface area contributed by atoms with Gasteiger partial charge in [-0.05, 0) is 30.6 Å². The molecule has 1 saturated heterocycles. The van der Waals surface area contributed by atoms with Crippen LogP contribution < -0.4 is 0 Å². The Balaban J connectivity index is 1.63. The number of hydrogen-bond donors (Lipinski definition) is 0. The number of piperidine rings is 1. The molecular formula is C18H30N2O2S+2. The Hall–Kier alpha value is -0.970. The van der Waals surface area contributed by atoms with Gasteiger partial charge in [-0.25, -0.2) is 0 Å². The Morgan fingerprint density at radius 1 is 1.17 bits per heavy atom. The van der Waals surface area contributed by atoms with Crippen LogP contribution in [0.15, 0.2) is 23.4 Å². The number of rotatable bonds is 8. The molecule has 23 heavy (non-hydrogen) atoms. The van der Waals surface area contributed by atoms with Gasteiger partial charge in [0.25, 0.3) is 0 Å². The standard InChI is InChI=1S/C18H30N2O2S/c1-3-15-5-7-17(19(21)13-15)9-11-23-12-10-18-8-6-16(4-2)14-20(18)22/h5,7,16,18H,3-4,6,8-14H2,1-2H3/q+2. The summed E-state index contributed by atoms with van der Waals surface area (Å²) in [6.45, 7) is 5.50. The van der Waals surface area contributed by atoms with Crippen LogP contribution in [0.4, 0.5) is 0 Å². The topological polar surface area (TPSA) is 40.2 Å². The van der Waals surface area contributed by atoms with Crippen LogP contribution in [0, 0.1) is 15.7 Å². The third kappa shape index (κ3) is 5.55. The van der Waals surface area contributed by atoms with Crippen molar-refractivity contribution in [3.63, 3.8) is 0 Å². The Kier molecular flexibility index (Phi) is 7.47. The highest BCUT2D eigenvalue weighted by Crippen LogP contribution is 2.24. The first-order chi connectivity index (χ1) is 11.1. The van der Waals surface area contributed by atoms with Crippen LogP contribution in [0.25, 0.3) is 0 Å². The monoisotopic (exact) mass is 338 g/mol. The van der Waals surface area contributed by atoms with Gasteiger partial charge in [0.2, 0.25) is 18.3 Å². The van der Waals surface area contributed by atoms with Crippen LogP contribution in [0.1, 0.15) is 52.4 Å². The molecule has 2 aliphatic rings. The molecule has 0 bridgehead atoms. The van der Waals surface area contributed by atoms with Gasteiger partial charge in [0.1, 0.15) is 0 Å². The summed E-state index contributed by atoms with van der Waals surface area (Å²) in [6, 6.07) is 0.213. The first-order valence-electron chi connectivity index (χ1n) is 8.98. The van der Waals surface area contributed by atoms with Crippen molar-refractivity contribution in [1.82, 2.24) is 0 Å². The molecule has 0 radical (unpaired) electrons. The van der Waals surface area contributed by atoms with E-state index in [1.165, 1.54) is 16.8 Å². The smallest absolute Gasteiger partial charge is 0.161 e. The predicted octanol–water partition coefficient (Wildman–Crippen LogP) is 4.48. The highest BCUT2D eigenvalue weighted by atomic mass is 32.2. The highest BCUT2D eigenvalue weighted by Gasteiger charge is 2.33. The number of hydrogen-bond acceptors (Lipinski definition) is 3. The Morgan fingerprint density at radius 3 is 2.65 bits per heavy atom. The molecule has 0 aromatic rings. The molecule has 2 unspecified atom stereocenters. The lowest BCUT2D eigenvalue weighted by atomic mass is 9.92. The second-order valence-electron chi connectivity index (χ2n) is 6.63. The third-order valence-electron chi connectivity index (χ3n) is 5.06. The van der Waals surface area contributed by atoms with E-state index >= 15 is 0 Å². The van der Waals surface area contributed by atoms with Crippen LogP contribution in [0.3, 0.4) is 0 Å². The highest BCUT2D eigenvalue weighted by molar-refractivity contribution is 7.99. The molecule has 0 aromatic heterocycles. The van der Waals surface area contributed by atoms with E-state index in [9.17, 15) is 9.81 Å². The van der Waals surface area contributed by atoms with E-state index in [4.69, 9.17) is 0 Å². The first kappa shape index (κ1) is 18.4. The largest absolute Gasteiger partial charge is 0.234 e. The van der Waals surface area contributed by atoms with Gasteiger partial charge in [-0.1, -0.05) is 19.9 Å². The SMILES string of the molecule is CCC1=CC=C(CCSCCC2CCC(CC)C[N+]2=O)[N+](=O)C1. The molecule has 0 spiro atoms. The number of allylic oxidation sites excluding steroid dienone is 3. The van der Waals surface area contributed by atoms with Gasteiger partial charge >= 0.3 is 0 Å². The fraction of sp³-hybridized carbons (Fsp3) is 0.778. The summed E-state index contributed by atoms with van der Waals surface area (Å²) in [5, 5.41) is 0. The summed E-state index contributed by atoms with van der Waals surface area (Å²) in [6.07, 6.45) is 10.2. The fourth-order valence-electron chi connectivity index (χ4n) is 3.26. The first-order valence-corrected chi connectivity index (χ1v) is 10.1. The van der Waals surface area contributed by atoms with Crippen molar-refractivity contribution >= 4 is 11.8 Å². The van der Waals surface area contributed by atoms with Crippen LogP contribution >= 0.6 is 11.8 Å². The van der Waals surface area contributed by atoms with E-state index < -0.39 is 0 Å². The molecule has 5 heteroatoms. The molecule has 2 heterocycles. The van der Waals surface area contributed by atoms with Crippen LogP contribution in [-0.2, 0) is 0 Å². The van der Waals surface area contributed by atoms with E-state index in [0.717, 1.165) is 60.6 Å². The average molecular weight is 339 g/mol. The van der Waals surface area contributed by atoms with Crippen molar-refractivity contribution in [3.8, 4) is 0 Å². The number of nitroso groups, excluding NO2 is 2. The lowest BCUT2D eigenvalue weighted by molar-refractivity contribution is -0.603. The number of thioether (sulfide) groups is 1. The molecule has 1 fully saturated rings. The molecule has 128 valence electrons. The van der Waals surface area contributed by atoms with Gasteiger partial charge in [-0.2, -0.15) is 11.8 Å². The molecule has 0 amide bonds. The summed E-state index contributed by atoms with van der Waals surface area (Å²) in [7, 11) is 0. The van der Waals surface area contributed by atoms with Crippen molar-refractivity contribution in [3.05, 3.63) is 33.2 Å². The number of nitrogens with zero attached hydrogens (tertiary/aromatic N) is 2. The molecule has 2 atom stereocenters. The molecule has 4 nitrogen and oxygen atoms in total. The summed E-state index contributed by atoms with van der Waals surface area (Å²) >= 11 is 1.87. The maximum atomic E-state index is 12.0. The fourth-order valence-corrected chi connectivity index (χ4v) is 4.26. The van der Waals surface area contributed by atoms with Gasteiger partial charge in [-0.3, -0.25) is 0 Å². The van der Waals surface area contributed by atoms with E-state index in [0.29, 0.717) is 12.5 Å². The molecule has 0 aromatic carbocycles. The van der Waals surface area contributed by atoms with Gasteiger partial charge in [0, 0.05) is 56.3 Å². The minimum Gasteiger partial charge on any atom is -0.161 e. The van der Waals surface area contributed by atoms with E-state index in [2.05, 4.69) is 19.9 Å². The molecule has 0 saturated carbocycles. The average Bonchev–Trinajstić information content (AvgIpc) is 2.56. The molecule has 0 aliphatic carbocycles. The second kappa shape index (κ2) is 9.36. The van der Waals surface area contributed by atoms with Gasteiger partial charge < -0.3 is 0 Å². The van der Waals surface area contributed by atoms with Crippen LogP contribution in [0.2, 0.25) is 0 Å². The van der Waals surface area contributed by atoms with Gasteiger partial charge in [0.15, 0.2) is 6.54 Å². The molecule has 2 rings (SSSR count). The van der Waals surface area contributed by atoms with E-state index in [1.807, 2.05) is 17.8 Å². The molecule has 0 N–H and O–H groups in total. The van der Waals surface area contributed by atoms with Gasteiger partial charge in [-0.15, -0.1) is 0 Å². The van der Waals surface area contributed by atoms with Crippen molar-refractivity contribution in [2.45, 2.75) is 58.4 Å². The van der Waals surface area contributed by atoms with Gasteiger partial charge in [0.05, 0.1) is 0 Å². The van der Waals surface area contributed by atoms with Crippen molar-refractivity contribution in [2.24, 2.45) is 5.92 Å². The zero-order valence-corrected chi connectivity index (χ0v) is 15.3. The maximum Gasteiger partial charge on any atom is 0.234 e. The third-order valence-corrected chi connectivity index (χ3v) is 6.08. The zero-order valence-electron chi connectivity index (χ0n) is 14.5. The van der Waals surface area contributed by atoms with Crippen molar-refractivity contribution in [1.29, 1.82) is 0 Å². The summed E-state index contributed by atoms with van der Waals surface area (Å²) in [4.78, 5) is 23.9. The summed E-state index contributed by atoms with van der Waals surface area (Å²) in [5.74, 6) is 2.57. The Labute approximate surface area is 143 Å².